The van der Waals surface area contributed by atoms with Crippen LogP contribution in [0.15, 0.2) is 65.4 Å². The van der Waals surface area contributed by atoms with Crippen LogP contribution in [0.3, 0.4) is 0 Å². The van der Waals surface area contributed by atoms with Crippen LogP contribution in [0.25, 0.3) is 22.2 Å². The summed E-state index contributed by atoms with van der Waals surface area (Å²) >= 11 is 0. The van der Waals surface area contributed by atoms with Crippen LogP contribution < -0.4 is 14.5 Å². The molecule has 5 aromatic rings. The van der Waals surface area contributed by atoms with E-state index in [2.05, 4.69) is 29.8 Å². The molecule has 8 rings (SSSR count). The molecular formula is C39H41F3N8O6S. The van der Waals surface area contributed by atoms with Crippen molar-refractivity contribution < 1.29 is 40.8 Å². The highest BCUT2D eigenvalue weighted by Crippen LogP contribution is 2.33. The van der Waals surface area contributed by atoms with E-state index in [1.807, 2.05) is 42.8 Å². The highest BCUT2D eigenvalue weighted by Gasteiger charge is 2.37. The maximum absolute atomic E-state index is 15.7. The van der Waals surface area contributed by atoms with Gasteiger partial charge in [0.05, 0.1) is 11.3 Å². The Hall–Kier alpha value is -5.46. The number of nitrogens with zero attached hydrogens (tertiary/aromatic N) is 6. The van der Waals surface area contributed by atoms with E-state index < -0.39 is 56.9 Å². The van der Waals surface area contributed by atoms with Gasteiger partial charge in [-0.3, -0.25) is 19.2 Å². The Bertz CT molecular complexity index is 2430. The molecule has 14 nitrogen and oxygen atoms in total. The molecule has 0 saturated carbocycles. The van der Waals surface area contributed by atoms with Crippen LogP contribution in [0.5, 0.6) is 0 Å². The third-order valence-electron chi connectivity index (χ3n) is 11.1. The van der Waals surface area contributed by atoms with Gasteiger partial charge in [0.15, 0.2) is 17.4 Å². The van der Waals surface area contributed by atoms with Crippen LogP contribution in [-0.2, 0) is 15.0 Å². The first-order valence-corrected chi connectivity index (χ1v) is 20.2. The standard InChI is InChI=1S/C39H41F3N8O6S/c1-22(2)34(39(52)53)32-16-33(45-56-32)49-20-27(21-49)48-13-11-47(12-14-48)26-5-3-23(4-6-26)24-15-28-29(18-44-38(28)43-17-24)37(51)35-30(41)7-8-31(36(35)42)46-57(54,55)50-10-9-25(40)19-50/h3-8,15-18,22,25,27,34,46H,9-14,19-21H2,1-2H3,(H,43,44)(H,52,53)/t25-,34?/m1/s1. The van der Waals surface area contributed by atoms with Gasteiger partial charge in [0.1, 0.15) is 23.6 Å². The molecule has 0 amide bonds. The van der Waals surface area contributed by atoms with Crippen LogP contribution in [0.1, 0.15) is 47.9 Å². The van der Waals surface area contributed by atoms with E-state index in [0.29, 0.717) is 34.2 Å². The number of hydrogen-bond donors (Lipinski definition) is 3. The molecule has 1 unspecified atom stereocenters. The fourth-order valence-corrected chi connectivity index (χ4v) is 9.09. The predicted molar refractivity (Wildman–Crippen MR) is 206 cm³/mol. The number of aromatic nitrogens is 3. The number of carbonyl (C=O) groups excluding carboxylic acids is 1. The number of fused-ring (bicyclic) bond motifs is 1. The largest absolute Gasteiger partial charge is 0.481 e. The Kier molecular flexibility index (Phi) is 10.2. The van der Waals surface area contributed by atoms with Crippen LogP contribution >= 0.6 is 0 Å². The van der Waals surface area contributed by atoms with Crippen molar-refractivity contribution in [3.8, 4) is 11.1 Å². The number of ketones is 1. The zero-order valence-electron chi connectivity index (χ0n) is 31.2. The third-order valence-corrected chi connectivity index (χ3v) is 12.6. The van der Waals surface area contributed by atoms with E-state index in [4.69, 9.17) is 4.52 Å². The van der Waals surface area contributed by atoms with Crippen LogP contribution in [0.2, 0.25) is 0 Å². The summed E-state index contributed by atoms with van der Waals surface area (Å²) in [4.78, 5) is 39.6. The molecule has 300 valence electrons. The van der Waals surface area contributed by atoms with E-state index >= 15 is 8.78 Å². The monoisotopic (exact) mass is 806 g/mol. The van der Waals surface area contributed by atoms with Gasteiger partial charge in [-0.2, -0.15) is 12.7 Å². The zero-order chi connectivity index (χ0) is 40.2. The number of aliphatic carboxylic acids is 1. The predicted octanol–water partition coefficient (Wildman–Crippen LogP) is 5.26. The Labute approximate surface area is 326 Å². The number of carboxylic acids is 1. The van der Waals surface area contributed by atoms with Crippen molar-refractivity contribution in [3.63, 3.8) is 0 Å². The van der Waals surface area contributed by atoms with Crippen molar-refractivity contribution in [2.75, 3.05) is 66.9 Å². The van der Waals surface area contributed by atoms with Crippen LogP contribution in [0, 0.1) is 17.6 Å². The summed E-state index contributed by atoms with van der Waals surface area (Å²) in [6.45, 7) is 8.17. The molecule has 0 aliphatic carbocycles. The van der Waals surface area contributed by atoms with Crippen molar-refractivity contribution in [3.05, 3.63) is 89.4 Å². The number of piperazine rings is 1. The molecule has 18 heteroatoms. The number of nitrogens with one attached hydrogen (secondary N) is 2. The van der Waals surface area contributed by atoms with Gasteiger partial charge in [0, 0.05) is 99.1 Å². The Morgan fingerprint density at radius 1 is 0.965 bits per heavy atom. The van der Waals surface area contributed by atoms with Crippen LogP contribution in [0.4, 0.5) is 30.4 Å². The third kappa shape index (κ3) is 7.44. The molecule has 2 aromatic carbocycles. The van der Waals surface area contributed by atoms with Gasteiger partial charge in [-0.25, -0.2) is 18.2 Å². The minimum absolute atomic E-state index is 0.00367. The van der Waals surface area contributed by atoms with Gasteiger partial charge in [0.2, 0.25) is 5.78 Å². The molecule has 3 saturated heterocycles. The topological polar surface area (TPSA) is 168 Å². The summed E-state index contributed by atoms with van der Waals surface area (Å²) in [5.41, 5.74) is 1.23. The van der Waals surface area contributed by atoms with Gasteiger partial charge in [0.25, 0.3) is 0 Å². The molecule has 3 fully saturated rings. The SMILES string of the molecule is CC(C)C(C(=O)O)c1cc(N2CC(N3CCN(c4ccc(-c5cnc6[nH]cc(C(=O)c7c(F)ccc(NS(=O)(=O)N8CC[C@@H](F)C8)c7F)c6c5)cc4)CC3)C2)no1. The number of benzene rings is 2. The number of anilines is 3. The smallest absolute Gasteiger partial charge is 0.314 e. The van der Waals surface area contributed by atoms with E-state index in [0.717, 1.165) is 67.0 Å². The number of rotatable bonds is 12. The highest BCUT2D eigenvalue weighted by molar-refractivity contribution is 7.90. The molecule has 3 N–H and O–H groups in total. The Balaban J connectivity index is 0.907. The second-order valence-electron chi connectivity index (χ2n) is 15.1. The van der Waals surface area contributed by atoms with Crippen LogP contribution in [-0.4, -0.2) is 114 Å². The highest BCUT2D eigenvalue weighted by atomic mass is 32.2. The van der Waals surface area contributed by atoms with Gasteiger partial charge >= 0.3 is 16.2 Å². The second kappa shape index (κ2) is 15.1. The number of pyridine rings is 1. The average molecular weight is 807 g/mol. The summed E-state index contributed by atoms with van der Waals surface area (Å²) in [6, 6.07) is 13.4. The summed E-state index contributed by atoms with van der Waals surface area (Å²) in [5, 5.41) is 14.0. The number of hydrogen-bond acceptors (Lipinski definition) is 10. The molecular weight excluding hydrogens is 766 g/mol. The molecule has 3 aromatic heterocycles. The first-order chi connectivity index (χ1) is 27.3. The molecule has 3 aliphatic rings. The van der Waals surface area contributed by atoms with Crippen molar-refractivity contribution >= 4 is 50.2 Å². The second-order valence-corrected chi connectivity index (χ2v) is 16.7. The van der Waals surface area contributed by atoms with Gasteiger partial charge in [-0.05, 0) is 48.2 Å². The molecule has 0 radical (unpaired) electrons. The lowest BCUT2D eigenvalue weighted by molar-refractivity contribution is -0.140. The lowest BCUT2D eigenvalue weighted by atomic mass is 9.93. The zero-order valence-corrected chi connectivity index (χ0v) is 32.0. The Morgan fingerprint density at radius 2 is 1.70 bits per heavy atom. The number of alkyl halides is 1. The fourth-order valence-electron chi connectivity index (χ4n) is 7.83. The average Bonchev–Trinajstić information content (AvgIpc) is 3.93. The van der Waals surface area contributed by atoms with Gasteiger partial charge < -0.3 is 24.4 Å². The number of carbonyl (C=O) groups is 2. The molecule has 0 spiro atoms. The van der Waals surface area contributed by atoms with E-state index in [1.54, 1.807) is 18.3 Å². The molecule has 3 aliphatic heterocycles. The molecule has 2 atom stereocenters. The lowest BCUT2D eigenvalue weighted by Gasteiger charge is -2.48. The number of carboxylic acid groups (broad SMARTS) is 1. The van der Waals surface area contributed by atoms with Gasteiger partial charge in [-0.1, -0.05) is 31.1 Å². The van der Waals surface area contributed by atoms with Gasteiger partial charge in [-0.15, -0.1) is 0 Å². The Morgan fingerprint density at radius 3 is 2.37 bits per heavy atom. The quantitative estimate of drug-likeness (QED) is 0.141. The minimum atomic E-state index is -4.35. The van der Waals surface area contributed by atoms with E-state index in [-0.39, 0.29) is 31.0 Å². The lowest BCUT2D eigenvalue weighted by Crippen LogP contribution is -2.63. The number of halogens is 3. The fraction of sp³-hybridized carbons (Fsp3) is 0.385. The molecule has 0 bridgehead atoms. The van der Waals surface area contributed by atoms with E-state index in [1.165, 1.54) is 6.20 Å². The number of aromatic amines is 1. The maximum Gasteiger partial charge on any atom is 0.314 e. The van der Waals surface area contributed by atoms with Crippen molar-refractivity contribution in [2.45, 2.75) is 38.4 Å². The van der Waals surface area contributed by atoms with E-state index in [9.17, 15) is 27.5 Å². The summed E-state index contributed by atoms with van der Waals surface area (Å²) in [5.74, 6) is -4.32. The summed E-state index contributed by atoms with van der Waals surface area (Å²) < 4.78 is 78.2. The molecule has 57 heavy (non-hydrogen) atoms. The maximum atomic E-state index is 15.7. The minimum Gasteiger partial charge on any atom is -0.481 e. The van der Waals surface area contributed by atoms with Crippen molar-refractivity contribution in [2.24, 2.45) is 5.92 Å². The normalized spacial score (nSPS) is 19.0. The first kappa shape index (κ1) is 38.4. The summed E-state index contributed by atoms with van der Waals surface area (Å²) in [6.07, 6.45) is 1.60. The number of H-pyrrole nitrogens is 1. The first-order valence-electron chi connectivity index (χ1n) is 18.7. The molecule has 6 heterocycles. The van der Waals surface area contributed by atoms with Crippen molar-refractivity contribution in [1.82, 2.24) is 24.3 Å². The summed E-state index contributed by atoms with van der Waals surface area (Å²) in [7, 11) is -4.35. The van der Waals surface area contributed by atoms with Crippen molar-refractivity contribution in [1.29, 1.82) is 0 Å².